The standard InChI is InChI=1S/C23H17ClO7/c1-9-5-10-7-14(30-3)17-18(15(10)22(31-4)19(9)24)20(25)12-6-11(23(27)28)8-13(29-2)16(12)21(17)26/h5-8H,1-4H3,(H,27,28). The average Bonchev–Trinajstić information content (AvgIpc) is 2.76. The molecule has 8 heteroatoms. The number of fused-ring (bicyclic) bond motifs is 4. The first-order chi connectivity index (χ1) is 14.7. The van der Waals surface area contributed by atoms with E-state index in [0.29, 0.717) is 15.8 Å². The van der Waals surface area contributed by atoms with Crippen LogP contribution in [0.5, 0.6) is 17.2 Å². The first kappa shape index (κ1) is 20.7. The quantitative estimate of drug-likeness (QED) is 0.505. The minimum atomic E-state index is -1.25. The summed E-state index contributed by atoms with van der Waals surface area (Å²) in [6, 6.07) is 5.81. The summed E-state index contributed by atoms with van der Waals surface area (Å²) in [6.07, 6.45) is 0. The van der Waals surface area contributed by atoms with Gasteiger partial charge in [-0.05, 0) is 42.1 Å². The SMILES string of the molecule is COc1cc(C(=O)O)cc2c1C(=O)c1c(OC)cc3cc(C)c(Cl)c(OC)c3c1C2=O. The van der Waals surface area contributed by atoms with Crippen LogP contribution >= 0.6 is 11.6 Å². The fraction of sp³-hybridized carbons (Fsp3) is 0.174. The molecule has 0 atom stereocenters. The lowest BCUT2D eigenvalue weighted by molar-refractivity contribution is 0.0696. The van der Waals surface area contributed by atoms with Crippen molar-refractivity contribution >= 4 is 39.9 Å². The molecule has 0 spiro atoms. The van der Waals surface area contributed by atoms with E-state index in [2.05, 4.69) is 0 Å². The predicted molar refractivity (Wildman–Crippen MR) is 114 cm³/mol. The number of carboxylic acids is 1. The fourth-order valence-electron chi connectivity index (χ4n) is 4.00. The van der Waals surface area contributed by atoms with Crippen molar-refractivity contribution in [2.45, 2.75) is 6.92 Å². The van der Waals surface area contributed by atoms with Crippen molar-refractivity contribution in [1.29, 1.82) is 0 Å². The van der Waals surface area contributed by atoms with Gasteiger partial charge < -0.3 is 19.3 Å². The molecule has 1 aliphatic rings. The molecule has 0 aromatic heterocycles. The summed E-state index contributed by atoms with van der Waals surface area (Å²) in [5, 5.41) is 10.7. The molecule has 0 amide bonds. The fourth-order valence-corrected chi connectivity index (χ4v) is 4.23. The highest BCUT2D eigenvalue weighted by Gasteiger charge is 2.38. The van der Waals surface area contributed by atoms with Gasteiger partial charge in [-0.1, -0.05) is 11.6 Å². The van der Waals surface area contributed by atoms with Crippen LogP contribution in [0.25, 0.3) is 10.8 Å². The van der Waals surface area contributed by atoms with Crippen molar-refractivity contribution in [3.8, 4) is 17.2 Å². The largest absolute Gasteiger partial charge is 0.496 e. The number of carbonyl (C=O) groups excluding carboxylic acids is 2. The van der Waals surface area contributed by atoms with E-state index in [-0.39, 0.29) is 45.1 Å². The summed E-state index contributed by atoms with van der Waals surface area (Å²) in [5.74, 6) is -1.86. The van der Waals surface area contributed by atoms with E-state index in [1.807, 2.05) is 0 Å². The zero-order valence-electron chi connectivity index (χ0n) is 17.1. The maximum Gasteiger partial charge on any atom is 0.335 e. The first-order valence-corrected chi connectivity index (χ1v) is 9.55. The molecule has 1 N–H and O–H groups in total. The molecule has 0 saturated carbocycles. The molecule has 0 unspecified atom stereocenters. The van der Waals surface area contributed by atoms with E-state index in [4.69, 9.17) is 25.8 Å². The van der Waals surface area contributed by atoms with Gasteiger partial charge in [0.2, 0.25) is 5.78 Å². The molecule has 3 aromatic rings. The van der Waals surface area contributed by atoms with Crippen LogP contribution < -0.4 is 14.2 Å². The number of halogens is 1. The number of carbonyl (C=O) groups is 3. The molecule has 0 fully saturated rings. The number of methoxy groups -OCH3 is 3. The van der Waals surface area contributed by atoms with E-state index in [0.717, 1.165) is 5.56 Å². The van der Waals surface area contributed by atoms with Crippen LogP contribution in [0.15, 0.2) is 24.3 Å². The van der Waals surface area contributed by atoms with Gasteiger partial charge >= 0.3 is 5.97 Å². The van der Waals surface area contributed by atoms with Gasteiger partial charge in [0, 0.05) is 16.5 Å². The molecule has 1 aliphatic carbocycles. The maximum atomic E-state index is 13.7. The van der Waals surface area contributed by atoms with Gasteiger partial charge in [-0.15, -0.1) is 0 Å². The van der Waals surface area contributed by atoms with Crippen LogP contribution in [-0.4, -0.2) is 44.0 Å². The van der Waals surface area contributed by atoms with Crippen LogP contribution in [0.3, 0.4) is 0 Å². The Morgan fingerprint density at radius 2 is 1.52 bits per heavy atom. The van der Waals surface area contributed by atoms with E-state index in [9.17, 15) is 19.5 Å². The van der Waals surface area contributed by atoms with Crippen LogP contribution in [0.1, 0.15) is 47.8 Å². The molecule has 158 valence electrons. The summed E-state index contributed by atoms with van der Waals surface area (Å²) >= 11 is 6.44. The monoisotopic (exact) mass is 440 g/mol. The Labute approximate surface area is 182 Å². The Morgan fingerprint density at radius 1 is 0.871 bits per heavy atom. The van der Waals surface area contributed by atoms with Crippen LogP contribution in [0, 0.1) is 6.92 Å². The van der Waals surface area contributed by atoms with Gasteiger partial charge in [-0.3, -0.25) is 9.59 Å². The van der Waals surface area contributed by atoms with E-state index in [1.165, 1.54) is 33.5 Å². The smallest absolute Gasteiger partial charge is 0.335 e. The van der Waals surface area contributed by atoms with Crippen LogP contribution in [0.4, 0.5) is 0 Å². The number of aromatic carboxylic acids is 1. The third kappa shape index (κ3) is 2.84. The molecule has 0 aliphatic heterocycles. The minimum absolute atomic E-state index is 0.00467. The van der Waals surface area contributed by atoms with Gasteiger partial charge in [0.25, 0.3) is 0 Å². The second-order valence-corrected chi connectivity index (χ2v) is 7.41. The lowest BCUT2D eigenvalue weighted by atomic mass is 9.79. The van der Waals surface area contributed by atoms with Gasteiger partial charge in [-0.25, -0.2) is 4.79 Å². The second kappa shape index (κ2) is 7.28. The normalized spacial score (nSPS) is 12.4. The zero-order chi connectivity index (χ0) is 22.6. The number of carboxylic acid groups (broad SMARTS) is 1. The van der Waals surface area contributed by atoms with Crippen molar-refractivity contribution in [2.24, 2.45) is 0 Å². The molecule has 0 heterocycles. The van der Waals surface area contributed by atoms with Crippen molar-refractivity contribution in [3.05, 3.63) is 62.7 Å². The number of rotatable bonds is 4. The highest BCUT2D eigenvalue weighted by Crippen LogP contribution is 2.46. The highest BCUT2D eigenvalue weighted by atomic mass is 35.5. The summed E-state index contributed by atoms with van der Waals surface area (Å²) in [4.78, 5) is 38.8. The molecular formula is C23H17ClO7. The van der Waals surface area contributed by atoms with Crippen LogP contribution in [-0.2, 0) is 0 Å². The summed E-state index contributed by atoms with van der Waals surface area (Å²) < 4.78 is 16.2. The van der Waals surface area contributed by atoms with Crippen molar-refractivity contribution in [2.75, 3.05) is 21.3 Å². The van der Waals surface area contributed by atoms with Crippen molar-refractivity contribution in [1.82, 2.24) is 0 Å². The topological polar surface area (TPSA) is 99.1 Å². The Balaban J connectivity index is 2.20. The Kier molecular flexibility index (Phi) is 4.86. The highest BCUT2D eigenvalue weighted by molar-refractivity contribution is 6.38. The number of aryl methyl sites for hydroxylation is 1. The van der Waals surface area contributed by atoms with E-state index >= 15 is 0 Å². The molecule has 31 heavy (non-hydrogen) atoms. The molecule has 4 rings (SSSR count). The molecule has 7 nitrogen and oxygen atoms in total. The minimum Gasteiger partial charge on any atom is -0.496 e. The van der Waals surface area contributed by atoms with Gasteiger partial charge in [-0.2, -0.15) is 0 Å². The van der Waals surface area contributed by atoms with Gasteiger partial charge in [0.05, 0.1) is 43.0 Å². The van der Waals surface area contributed by atoms with E-state index in [1.54, 1.807) is 19.1 Å². The van der Waals surface area contributed by atoms with E-state index < -0.39 is 17.5 Å². The predicted octanol–water partition coefficient (Wildman–Crippen LogP) is 4.30. The van der Waals surface area contributed by atoms with Gasteiger partial charge in [0.1, 0.15) is 17.2 Å². The summed E-state index contributed by atoms with van der Waals surface area (Å²) in [5.41, 5.74) is 0.566. The third-order valence-corrected chi connectivity index (χ3v) is 5.85. The Bertz CT molecular complexity index is 1320. The van der Waals surface area contributed by atoms with Crippen molar-refractivity contribution < 1.29 is 33.7 Å². The Hall–Kier alpha value is -3.58. The molecule has 0 bridgehead atoms. The molecular weight excluding hydrogens is 424 g/mol. The lowest BCUT2D eigenvalue weighted by Gasteiger charge is -2.24. The number of hydrogen-bond acceptors (Lipinski definition) is 6. The molecule has 0 saturated heterocycles. The zero-order valence-corrected chi connectivity index (χ0v) is 17.8. The number of ketones is 2. The third-order valence-electron chi connectivity index (χ3n) is 5.39. The number of hydrogen-bond donors (Lipinski definition) is 1. The lowest BCUT2D eigenvalue weighted by Crippen LogP contribution is -2.24. The maximum absolute atomic E-state index is 13.7. The number of benzene rings is 3. The average molecular weight is 441 g/mol. The Morgan fingerprint density at radius 3 is 2.10 bits per heavy atom. The second-order valence-electron chi connectivity index (χ2n) is 7.03. The molecule has 0 radical (unpaired) electrons. The van der Waals surface area contributed by atoms with Crippen LogP contribution in [0.2, 0.25) is 5.02 Å². The first-order valence-electron chi connectivity index (χ1n) is 9.17. The molecule has 3 aromatic carbocycles. The summed E-state index contributed by atoms with van der Waals surface area (Å²) in [7, 11) is 4.13. The van der Waals surface area contributed by atoms with Gasteiger partial charge in [0.15, 0.2) is 5.78 Å². The van der Waals surface area contributed by atoms with Crippen molar-refractivity contribution in [3.63, 3.8) is 0 Å². The summed E-state index contributed by atoms with van der Waals surface area (Å²) in [6.45, 7) is 1.79. The number of ether oxygens (including phenoxy) is 3.